The standard InChI is InChI=1S/C13H19NO4/c1-8-7-9(2)18-11(8)12(17)14-13(3,4)6-5-10(15)16/h7H,5-6H2,1-4H3,(H,14,17)(H,15,16). The Kier molecular flexibility index (Phi) is 4.16. The van der Waals surface area contributed by atoms with Crippen molar-refractivity contribution < 1.29 is 19.1 Å². The molecule has 0 radical (unpaired) electrons. The SMILES string of the molecule is Cc1cc(C)c(C(=O)NC(C)(C)CCC(=O)O)o1. The zero-order valence-electron chi connectivity index (χ0n) is 11.2. The maximum Gasteiger partial charge on any atom is 0.303 e. The number of carboxylic acids is 1. The van der Waals surface area contributed by atoms with Crippen LogP contribution in [0.5, 0.6) is 0 Å². The van der Waals surface area contributed by atoms with Gasteiger partial charge in [-0.25, -0.2) is 0 Å². The topological polar surface area (TPSA) is 79.5 Å². The zero-order valence-corrected chi connectivity index (χ0v) is 11.2. The van der Waals surface area contributed by atoms with Gasteiger partial charge in [0, 0.05) is 17.5 Å². The smallest absolute Gasteiger partial charge is 0.303 e. The summed E-state index contributed by atoms with van der Waals surface area (Å²) >= 11 is 0. The Labute approximate surface area is 106 Å². The Morgan fingerprint density at radius 2 is 2.00 bits per heavy atom. The summed E-state index contributed by atoms with van der Waals surface area (Å²) < 4.78 is 5.32. The minimum atomic E-state index is -0.873. The van der Waals surface area contributed by atoms with Gasteiger partial charge in [0.15, 0.2) is 5.76 Å². The molecule has 18 heavy (non-hydrogen) atoms. The monoisotopic (exact) mass is 253 g/mol. The molecule has 1 aromatic heterocycles. The predicted molar refractivity (Wildman–Crippen MR) is 66.6 cm³/mol. The third kappa shape index (κ3) is 3.91. The maximum atomic E-state index is 12.0. The number of carboxylic acid groups (broad SMARTS) is 1. The highest BCUT2D eigenvalue weighted by atomic mass is 16.4. The first-order valence-corrected chi connectivity index (χ1v) is 5.82. The number of hydrogen-bond acceptors (Lipinski definition) is 3. The van der Waals surface area contributed by atoms with Crippen LogP contribution in [0.2, 0.25) is 0 Å². The second-order valence-corrected chi connectivity index (χ2v) is 5.10. The highest BCUT2D eigenvalue weighted by Gasteiger charge is 2.24. The van der Waals surface area contributed by atoms with Crippen molar-refractivity contribution in [1.29, 1.82) is 0 Å². The largest absolute Gasteiger partial charge is 0.481 e. The lowest BCUT2D eigenvalue weighted by Gasteiger charge is -2.25. The Morgan fingerprint density at radius 3 is 2.44 bits per heavy atom. The van der Waals surface area contributed by atoms with Crippen LogP contribution in [0, 0.1) is 13.8 Å². The van der Waals surface area contributed by atoms with E-state index in [4.69, 9.17) is 9.52 Å². The molecule has 0 bridgehead atoms. The van der Waals surface area contributed by atoms with Crippen molar-refractivity contribution in [1.82, 2.24) is 5.32 Å². The molecule has 0 saturated carbocycles. The molecule has 0 aromatic carbocycles. The number of furan rings is 1. The lowest BCUT2D eigenvalue weighted by molar-refractivity contribution is -0.137. The number of aliphatic carboxylic acids is 1. The van der Waals surface area contributed by atoms with Gasteiger partial charge in [-0.15, -0.1) is 0 Å². The third-order valence-electron chi connectivity index (χ3n) is 2.66. The van der Waals surface area contributed by atoms with E-state index < -0.39 is 11.5 Å². The number of rotatable bonds is 5. The Hall–Kier alpha value is -1.78. The average molecular weight is 253 g/mol. The summed E-state index contributed by atoms with van der Waals surface area (Å²) in [4.78, 5) is 22.5. The molecule has 1 aromatic rings. The van der Waals surface area contributed by atoms with Crippen molar-refractivity contribution in [3.8, 4) is 0 Å². The first kappa shape index (κ1) is 14.3. The molecule has 1 rings (SSSR count). The molecule has 5 heteroatoms. The van der Waals surface area contributed by atoms with Gasteiger partial charge in [0.1, 0.15) is 5.76 Å². The van der Waals surface area contributed by atoms with Crippen LogP contribution in [0.3, 0.4) is 0 Å². The first-order chi connectivity index (χ1) is 8.21. The van der Waals surface area contributed by atoms with E-state index in [-0.39, 0.29) is 18.1 Å². The van der Waals surface area contributed by atoms with Crippen LogP contribution >= 0.6 is 0 Å². The van der Waals surface area contributed by atoms with Crippen molar-refractivity contribution in [2.45, 2.75) is 46.1 Å². The summed E-state index contributed by atoms with van der Waals surface area (Å²) in [7, 11) is 0. The van der Waals surface area contributed by atoms with Crippen molar-refractivity contribution >= 4 is 11.9 Å². The molecule has 5 nitrogen and oxygen atoms in total. The number of carbonyl (C=O) groups is 2. The Morgan fingerprint density at radius 1 is 1.39 bits per heavy atom. The van der Waals surface area contributed by atoms with Gasteiger partial charge in [-0.05, 0) is 40.2 Å². The molecule has 0 saturated heterocycles. The van der Waals surface area contributed by atoms with Crippen LogP contribution in [0.4, 0.5) is 0 Å². The van der Waals surface area contributed by atoms with Crippen LogP contribution < -0.4 is 5.32 Å². The van der Waals surface area contributed by atoms with E-state index in [0.717, 1.165) is 5.56 Å². The van der Waals surface area contributed by atoms with Crippen molar-refractivity contribution in [2.24, 2.45) is 0 Å². The van der Waals surface area contributed by atoms with Crippen LogP contribution in [-0.4, -0.2) is 22.5 Å². The minimum absolute atomic E-state index is 0.0173. The van der Waals surface area contributed by atoms with Gasteiger partial charge in [0.05, 0.1) is 0 Å². The van der Waals surface area contributed by atoms with Crippen LogP contribution in [0.25, 0.3) is 0 Å². The molecule has 0 aliphatic carbocycles. The molecule has 0 atom stereocenters. The van der Waals surface area contributed by atoms with E-state index in [1.54, 1.807) is 33.8 Å². The average Bonchev–Trinajstić information content (AvgIpc) is 2.54. The van der Waals surface area contributed by atoms with E-state index >= 15 is 0 Å². The van der Waals surface area contributed by atoms with E-state index in [1.165, 1.54) is 0 Å². The van der Waals surface area contributed by atoms with Gasteiger partial charge >= 0.3 is 5.97 Å². The van der Waals surface area contributed by atoms with E-state index in [2.05, 4.69) is 5.32 Å². The molecule has 1 heterocycles. The number of carbonyl (C=O) groups excluding carboxylic acids is 1. The maximum absolute atomic E-state index is 12.0. The summed E-state index contributed by atoms with van der Waals surface area (Å²) in [6.45, 7) is 7.16. The second-order valence-electron chi connectivity index (χ2n) is 5.10. The van der Waals surface area contributed by atoms with Gasteiger partial charge in [0.25, 0.3) is 5.91 Å². The molecular formula is C13H19NO4. The normalized spacial score (nSPS) is 11.3. The minimum Gasteiger partial charge on any atom is -0.481 e. The number of nitrogens with one attached hydrogen (secondary N) is 1. The fourth-order valence-corrected chi connectivity index (χ4v) is 1.71. The molecule has 0 aliphatic rings. The van der Waals surface area contributed by atoms with E-state index in [1.807, 2.05) is 0 Å². The number of hydrogen-bond donors (Lipinski definition) is 2. The quantitative estimate of drug-likeness (QED) is 0.843. The summed E-state index contributed by atoms with van der Waals surface area (Å²) in [6, 6.07) is 1.79. The van der Waals surface area contributed by atoms with Gasteiger partial charge in [-0.2, -0.15) is 0 Å². The van der Waals surface area contributed by atoms with E-state index in [0.29, 0.717) is 12.2 Å². The lowest BCUT2D eigenvalue weighted by Crippen LogP contribution is -2.43. The van der Waals surface area contributed by atoms with Gasteiger partial charge in [0.2, 0.25) is 0 Å². The fourth-order valence-electron chi connectivity index (χ4n) is 1.71. The van der Waals surface area contributed by atoms with Crippen molar-refractivity contribution in [3.05, 3.63) is 23.2 Å². The highest BCUT2D eigenvalue weighted by Crippen LogP contribution is 2.17. The molecular weight excluding hydrogens is 234 g/mol. The first-order valence-electron chi connectivity index (χ1n) is 5.82. The summed E-state index contributed by atoms with van der Waals surface area (Å²) in [5.74, 6) is -0.213. The summed E-state index contributed by atoms with van der Waals surface area (Å²) in [5, 5.41) is 11.4. The molecule has 0 unspecified atom stereocenters. The summed E-state index contributed by atoms with van der Waals surface area (Å²) in [6.07, 6.45) is 0.385. The van der Waals surface area contributed by atoms with Crippen molar-refractivity contribution in [2.75, 3.05) is 0 Å². The molecule has 2 N–H and O–H groups in total. The fraction of sp³-hybridized carbons (Fsp3) is 0.538. The third-order valence-corrected chi connectivity index (χ3v) is 2.66. The van der Waals surface area contributed by atoms with E-state index in [9.17, 15) is 9.59 Å². The Balaban J connectivity index is 2.69. The summed E-state index contributed by atoms with van der Waals surface area (Å²) in [5.41, 5.74) is 0.196. The van der Waals surface area contributed by atoms with Crippen molar-refractivity contribution in [3.63, 3.8) is 0 Å². The van der Waals surface area contributed by atoms with Gasteiger partial charge in [-0.3, -0.25) is 9.59 Å². The van der Waals surface area contributed by atoms with Gasteiger partial charge < -0.3 is 14.8 Å². The molecule has 0 fully saturated rings. The van der Waals surface area contributed by atoms with Crippen LogP contribution in [0.1, 0.15) is 48.6 Å². The molecule has 100 valence electrons. The van der Waals surface area contributed by atoms with Crippen LogP contribution in [0.15, 0.2) is 10.5 Å². The predicted octanol–water partition coefficient (Wildman–Crippen LogP) is 2.27. The number of amides is 1. The highest BCUT2D eigenvalue weighted by molar-refractivity contribution is 5.93. The molecule has 0 aliphatic heterocycles. The zero-order chi connectivity index (χ0) is 13.9. The second kappa shape index (κ2) is 5.25. The molecule has 0 spiro atoms. The van der Waals surface area contributed by atoms with Gasteiger partial charge in [-0.1, -0.05) is 0 Å². The Bertz CT molecular complexity index is 460. The molecule has 1 amide bonds. The number of aryl methyl sites for hydroxylation is 2. The lowest BCUT2D eigenvalue weighted by atomic mass is 9.98. The van der Waals surface area contributed by atoms with Crippen LogP contribution in [-0.2, 0) is 4.79 Å².